The predicted molar refractivity (Wildman–Crippen MR) is 70.6 cm³/mol. The molecule has 0 aliphatic rings. The molecule has 18 heavy (non-hydrogen) atoms. The van der Waals surface area contributed by atoms with Gasteiger partial charge >= 0.3 is 6.09 Å². The van der Waals surface area contributed by atoms with Crippen LogP contribution in [0.15, 0.2) is 0 Å². The van der Waals surface area contributed by atoms with Crippen LogP contribution in [0.25, 0.3) is 0 Å². The smallest absolute Gasteiger partial charge is 0.410 e. The van der Waals surface area contributed by atoms with Crippen molar-refractivity contribution in [2.24, 2.45) is 0 Å². The number of amides is 1. The number of nitrogens with zero attached hydrogens (tertiary/aromatic N) is 1. The molecular formula is C13H27NO4. The molecule has 0 rings (SSSR count). The van der Waals surface area contributed by atoms with Gasteiger partial charge in [-0.05, 0) is 40.0 Å². The van der Waals surface area contributed by atoms with Gasteiger partial charge in [-0.25, -0.2) is 4.79 Å². The summed E-state index contributed by atoms with van der Waals surface area (Å²) < 4.78 is 10.4. The van der Waals surface area contributed by atoms with E-state index in [4.69, 9.17) is 14.6 Å². The average molecular weight is 261 g/mol. The maximum atomic E-state index is 11.6. The van der Waals surface area contributed by atoms with E-state index in [2.05, 4.69) is 0 Å². The summed E-state index contributed by atoms with van der Waals surface area (Å²) in [6.07, 6.45) is 2.60. The van der Waals surface area contributed by atoms with Gasteiger partial charge in [0.1, 0.15) is 5.60 Å². The molecule has 1 amide bonds. The van der Waals surface area contributed by atoms with Crippen LogP contribution < -0.4 is 0 Å². The molecule has 0 radical (unpaired) electrons. The topological polar surface area (TPSA) is 59.0 Å². The number of hydrogen-bond donors (Lipinski definition) is 1. The Morgan fingerprint density at radius 3 is 2.39 bits per heavy atom. The van der Waals surface area contributed by atoms with Crippen LogP contribution in [-0.2, 0) is 9.47 Å². The highest BCUT2D eigenvalue weighted by atomic mass is 16.6. The molecule has 5 heteroatoms. The lowest BCUT2D eigenvalue weighted by molar-refractivity contribution is 0.0294. The normalized spacial score (nSPS) is 11.4. The summed E-state index contributed by atoms with van der Waals surface area (Å²) in [5.74, 6) is 0. The zero-order chi connectivity index (χ0) is 14.0. The third-order valence-corrected chi connectivity index (χ3v) is 2.22. The van der Waals surface area contributed by atoms with E-state index in [1.807, 2.05) is 20.8 Å². The summed E-state index contributed by atoms with van der Waals surface area (Å²) in [5, 5.41) is 8.51. The van der Waals surface area contributed by atoms with Crippen molar-refractivity contribution in [3.63, 3.8) is 0 Å². The highest BCUT2D eigenvalue weighted by Gasteiger charge is 2.18. The first-order valence-electron chi connectivity index (χ1n) is 6.49. The lowest BCUT2D eigenvalue weighted by atomic mass is 10.2. The maximum Gasteiger partial charge on any atom is 0.410 e. The molecule has 0 saturated carbocycles. The predicted octanol–water partition coefficient (Wildman–Crippen LogP) is 2.03. The summed E-state index contributed by atoms with van der Waals surface area (Å²) in [6, 6.07) is 0. The lowest BCUT2D eigenvalue weighted by Gasteiger charge is -2.24. The van der Waals surface area contributed by atoms with Crippen LogP contribution in [-0.4, -0.2) is 55.1 Å². The summed E-state index contributed by atoms with van der Waals surface area (Å²) >= 11 is 0. The molecule has 0 atom stereocenters. The molecule has 0 aromatic carbocycles. The van der Waals surface area contributed by atoms with E-state index in [-0.39, 0.29) is 12.7 Å². The third kappa shape index (κ3) is 10.4. The first kappa shape index (κ1) is 17.2. The monoisotopic (exact) mass is 261 g/mol. The van der Waals surface area contributed by atoms with Crippen LogP contribution in [0.3, 0.4) is 0 Å². The second-order valence-corrected chi connectivity index (χ2v) is 5.30. The van der Waals surface area contributed by atoms with Crippen molar-refractivity contribution in [2.45, 2.75) is 45.6 Å². The number of rotatable bonds is 8. The Hall–Kier alpha value is -0.810. The number of hydrogen-bond acceptors (Lipinski definition) is 4. The number of unbranched alkanes of at least 4 members (excludes halogenated alkanes) is 2. The van der Waals surface area contributed by atoms with Gasteiger partial charge in [-0.2, -0.15) is 0 Å². The van der Waals surface area contributed by atoms with E-state index in [1.165, 1.54) is 0 Å². The average Bonchev–Trinajstić information content (AvgIpc) is 2.25. The van der Waals surface area contributed by atoms with Gasteiger partial charge in [-0.3, -0.25) is 0 Å². The SMILES string of the molecule is CN(CCCCCOCCO)C(=O)OC(C)(C)C. The summed E-state index contributed by atoms with van der Waals surface area (Å²) in [7, 11) is 1.75. The number of ether oxygens (including phenoxy) is 2. The zero-order valence-electron chi connectivity index (χ0n) is 12.1. The highest BCUT2D eigenvalue weighted by Crippen LogP contribution is 2.09. The fraction of sp³-hybridized carbons (Fsp3) is 0.923. The Morgan fingerprint density at radius 1 is 1.17 bits per heavy atom. The second-order valence-electron chi connectivity index (χ2n) is 5.30. The Kier molecular flexibility index (Phi) is 8.75. The number of carbonyl (C=O) groups is 1. The van der Waals surface area contributed by atoms with Crippen molar-refractivity contribution in [3.05, 3.63) is 0 Å². The maximum absolute atomic E-state index is 11.6. The molecule has 0 aliphatic heterocycles. The van der Waals surface area contributed by atoms with Gasteiger partial charge in [0.15, 0.2) is 0 Å². The van der Waals surface area contributed by atoms with Crippen LogP contribution in [0.4, 0.5) is 4.79 Å². The molecule has 0 aliphatic carbocycles. The van der Waals surface area contributed by atoms with Gasteiger partial charge in [0.05, 0.1) is 13.2 Å². The van der Waals surface area contributed by atoms with Crippen molar-refractivity contribution in [1.29, 1.82) is 0 Å². The summed E-state index contributed by atoms with van der Waals surface area (Å²) in [5.41, 5.74) is -0.441. The van der Waals surface area contributed by atoms with Crippen LogP contribution >= 0.6 is 0 Å². The zero-order valence-corrected chi connectivity index (χ0v) is 12.1. The molecule has 108 valence electrons. The third-order valence-electron chi connectivity index (χ3n) is 2.22. The van der Waals surface area contributed by atoms with Crippen molar-refractivity contribution >= 4 is 6.09 Å². The van der Waals surface area contributed by atoms with E-state index in [0.717, 1.165) is 19.3 Å². The minimum Gasteiger partial charge on any atom is -0.444 e. The van der Waals surface area contributed by atoms with E-state index in [0.29, 0.717) is 19.8 Å². The van der Waals surface area contributed by atoms with E-state index < -0.39 is 5.60 Å². The Bertz CT molecular complexity index is 226. The Balaban J connectivity index is 3.52. The van der Waals surface area contributed by atoms with E-state index in [9.17, 15) is 4.79 Å². The standard InChI is InChI=1S/C13H27NO4/c1-13(2,3)18-12(16)14(4)8-6-5-7-10-17-11-9-15/h15H,5-11H2,1-4H3. The van der Waals surface area contributed by atoms with Crippen molar-refractivity contribution in [2.75, 3.05) is 33.4 Å². The van der Waals surface area contributed by atoms with E-state index >= 15 is 0 Å². The fourth-order valence-electron chi connectivity index (χ4n) is 1.33. The minimum absolute atomic E-state index is 0.0708. The largest absolute Gasteiger partial charge is 0.444 e. The van der Waals surface area contributed by atoms with Crippen LogP contribution in [0, 0.1) is 0 Å². The molecule has 0 aromatic rings. The van der Waals surface area contributed by atoms with Crippen molar-refractivity contribution in [3.8, 4) is 0 Å². The summed E-state index contributed by atoms with van der Waals surface area (Å²) in [6.45, 7) is 7.40. The Morgan fingerprint density at radius 2 is 1.83 bits per heavy atom. The second kappa shape index (κ2) is 9.16. The first-order chi connectivity index (χ1) is 8.37. The molecule has 0 bridgehead atoms. The van der Waals surface area contributed by atoms with Crippen molar-refractivity contribution < 1.29 is 19.4 Å². The molecule has 0 aromatic heterocycles. The van der Waals surface area contributed by atoms with Gasteiger partial charge < -0.3 is 19.5 Å². The van der Waals surface area contributed by atoms with Gasteiger partial charge in [-0.1, -0.05) is 0 Å². The number of carbonyl (C=O) groups excluding carboxylic acids is 1. The van der Waals surface area contributed by atoms with Crippen LogP contribution in [0.1, 0.15) is 40.0 Å². The molecule has 0 unspecified atom stereocenters. The van der Waals surface area contributed by atoms with Gasteiger partial charge in [0.2, 0.25) is 0 Å². The molecule has 5 nitrogen and oxygen atoms in total. The fourth-order valence-corrected chi connectivity index (χ4v) is 1.33. The highest BCUT2D eigenvalue weighted by molar-refractivity contribution is 5.67. The number of aliphatic hydroxyl groups is 1. The lowest BCUT2D eigenvalue weighted by Crippen LogP contribution is -2.34. The van der Waals surface area contributed by atoms with Crippen LogP contribution in [0.5, 0.6) is 0 Å². The Labute approximate surface area is 110 Å². The molecule has 1 N–H and O–H groups in total. The van der Waals surface area contributed by atoms with Crippen molar-refractivity contribution in [1.82, 2.24) is 4.90 Å². The quantitative estimate of drug-likeness (QED) is 0.679. The molecule has 0 heterocycles. The first-order valence-corrected chi connectivity index (χ1v) is 6.49. The molecule has 0 spiro atoms. The van der Waals surface area contributed by atoms with Crippen LogP contribution in [0.2, 0.25) is 0 Å². The molecule has 0 fully saturated rings. The molecule has 0 saturated heterocycles. The van der Waals surface area contributed by atoms with Gasteiger partial charge in [0.25, 0.3) is 0 Å². The minimum atomic E-state index is -0.441. The van der Waals surface area contributed by atoms with Gasteiger partial charge in [-0.15, -0.1) is 0 Å². The summed E-state index contributed by atoms with van der Waals surface area (Å²) in [4.78, 5) is 13.2. The molecular weight excluding hydrogens is 234 g/mol. The van der Waals surface area contributed by atoms with Gasteiger partial charge in [0, 0.05) is 20.2 Å². The number of aliphatic hydroxyl groups excluding tert-OH is 1. The van der Waals surface area contributed by atoms with E-state index in [1.54, 1.807) is 11.9 Å².